The summed E-state index contributed by atoms with van der Waals surface area (Å²) < 4.78 is 13.7. The van der Waals surface area contributed by atoms with Crippen molar-refractivity contribution in [2.45, 2.75) is 96.5 Å². The molecule has 7 rings (SSSR count). The summed E-state index contributed by atoms with van der Waals surface area (Å²) in [7, 11) is -0.362. The third-order valence-corrected chi connectivity index (χ3v) is 10.0. The zero-order chi connectivity index (χ0) is 27.4. The van der Waals surface area contributed by atoms with Crippen LogP contribution in [0.4, 0.5) is 0 Å². The molecule has 0 radical (unpaired) electrons. The van der Waals surface area contributed by atoms with Crippen LogP contribution in [-0.2, 0) is 20.6 Å². The number of benzene rings is 1. The number of carbonyl (C=O) groups excluding carboxylic acids is 1. The van der Waals surface area contributed by atoms with Crippen molar-refractivity contribution < 1.29 is 18.9 Å². The highest BCUT2D eigenvalue weighted by Gasteiger charge is 2.69. The topological polar surface area (TPSA) is 88.7 Å². The number of amides is 1. The van der Waals surface area contributed by atoms with Crippen molar-refractivity contribution in [3.05, 3.63) is 53.9 Å². The zero-order valence-corrected chi connectivity index (χ0v) is 23.9. The van der Waals surface area contributed by atoms with Crippen LogP contribution < -0.4 is 5.32 Å². The molecule has 3 heterocycles. The molecule has 5 fully saturated rings. The normalized spacial score (nSPS) is 34.1. The second-order valence-electron chi connectivity index (χ2n) is 13.4. The fourth-order valence-corrected chi connectivity index (χ4v) is 7.80. The van der Waals surface area contributed by atoms with E-state index in [0.29, 0.717) is 35.4 Å². The number of nitrogens with one attached hydrogen (secondary N) is 2. The molecule has 210 valence electrons. The van der Waals surface area contributed by atoms with Crippen LogP contribution in [0.25, 0.3) is 0 Å². The molecule has 2 aliphatic heterocycles. The van der Waals surface area contributed by atoms with E-state index in [1.54, 1.807) is 12.3 Å². The standard InChI is InChI=1S/C30H43BN4O4/c1-19(2)13-27(31-37-26-16-21-15-25(29(21,3)4)30(26,5)39-31)35-22(18-32-28(36)24-11-12-33-34-24)17-23(38-35)14-20-9-7-6-8-10-20/h6-12,19,21-23,25-27H,13-18H2,1-5H3,(H,32,36)(H,33,34)/t21-,22?,23?,25-,26+,27-,30-/m0/s1. The van der Waals surface area contributed by atoms with Crippen LogP contribution in [0.5, 0.6) is 0 Å². The molecule has 1 amide bonds. The third kappa shape index (κ3) is 4.96. The molecular weight excluding hydrogens is 491 g/mol. The van der Waals surface area contributed by atoms with Gasteiger partial charge < -0.3 is 14.6 Å². The largest absolute Gasteiger partial charge is 0.478 e. The van der Waals surface area contributed by atoms with Crippen LogP contribution in [0.3, 0.4) is 0 Å². The lowest BCUT2D eigenvalue weighted by Crippen LogP contribution is -2.65. The SMILES string of the molecule is CC(C)C[C@@H](B1O[C@@H]2C[C@@H]3C[C@@H](C3(C)C)[C@]2(C)O1)N1OC(Cc2ccccc2)CC1CNC(=O)c1ccn[nH]1. The molecule has 5 aliphatic rings. The molecule has 0 spiro atoms. The number of aromatic nitrogens is 2. The van der Waals surface area contributed by atoms with Gasteiger partial charge in [0.1, 0.15) is 5.69 Å². The van der Waals surface area contributed by atoms with Gasteiger partial charge >= 0.3 is 7.12 Å². The Morgan fingerprint density at radius 2 is 1.97 bits per heavy atom. The molecule has 2 aromatic rings. The molecule has 39 heavy (non-hydrogen) atoms. The Morgan fingerprint density at radius 3 is 2.67 bits per heavy atom. The van der Waals surface area contributed by atoms with Gasteiger partial charge in [-0.15, -0.1) is 0 Å². The van der Waals surface area contributed by atoms with Crippen molar-refractivity contribution in [2.24, 2.45) is 23.2 Å². The predicted octanol–water partition coefficient (Wildman–Crippen LogP) is 4.44. The van der Waals surface area contributed by atoms with Gasteiger partial charge in [-0.3, -0.25) is 14.7 Å². The monoisotopic (exact) mass is 534 g/mol. The predicted molar refractivity (Wildman–Crippen MR) is 150 cm³/mol. The summed E-state index contributed by atoms with van der Waals surface area (Å²) in [5.41, 5.74) is 1.73. The second-order valence-corrected chi connectivity index (χ2v) is 13.4. The Labute approximate surface area is 232 Å². The van der Waals surface area contributed by atoms with Gasteiger partial charge in [0.25, 0.3) is 5.91 Å². The molecule has 2 bridgehead atoms. The first-order valence-electron chi connectivity index (χ1n) is 14.7. The van der Waals surface area contributed by atoms with E-state index in [0.717, 1.165) is 25.7 Å². The van der Waals surface area contributed by atoms with E-state index in [9.17, 15) is 4.79 Å². The maximum absolute atomic E-state index is 12.8. The highest BCUT2D eigenvalue weighted by Crippen LogP contribution is 2.66. The number of rotatable bonds is 9. The lowest BCUT2D eigenvalue weighted by Gasteiger charge is -2.64. The molecule has 9 heteroatoms. The smallest absolute Gasteiger partial charge is 0.404 e. The molecule has 3 aliphatic carbocycles. The van der Waals surface area contributed by atoms with Crippen LogP contribution in [0, 0.1) is 23.2 Å². The van der Waals surface area contributed by atoms with E-state index < -0.39 is 0 Å². The summed E-state index contributed by atoms with van der Waals surface area (Å²) in [4.78, 5) is 19.5. The number of nitrogens with zero attached hydrogens (tertiary/aromatic N) is 2. The first kappa shape index (κ1) is 27.0. The molecule has 7 atom stereocenters. The third-order valence-electron chi connectivity index (χ3n) is 10.0. The van der Waals surface area contributed by atoms with Gasteiger partial charge in [0.15, 0.2) is 0 Å². The van der Waals surface area contributed by atoms with Crippen molar-refractivity contribution in [1.82, 2.24) is 20.6 Å². The quantitative estimate of drug-likeness (QED) is 0.463. The number of aromatic amines is 1. The van der Waals surface area contributed by atoms with E-state index in [1.165, 1.54) is 12.0 Å². The number of hydrogen-bond acceptors (Lipinski definition) is 6. The first-order chi connectivity index (χ1) is 18.6. The van der Waals surface area contributed by atoms with Crippen LogP contribution in [0.15, 0.2) is 42.6 Å². The van der Waals surface area contributed by atoms with Crippen molar-refractivity contribution >= 4 is 13.0 Å². The van der Waals surface area contributed by atoms with Crippen molar-refractivity contribution in [3.63, 3.8) is 0 Å². The molecular formula is C30H43BN4O4. The van der Waals surface area contributed by atoms with Crippen LogP contribution in [0.1, 0.15) is 76.4 Å². The molecule has 2 saturated heterocycles. The molecule has 2 N–H and O–H groups in total. The molecule has 2 unspecified atom stereocenters. The maximum atomic E-state index is 12.8. The van der Waals surface area contributed by atoms with Gasteiger partial charge in [-0.05, 0) is 67.4 Å². The minimum Gasteiger partial charge on any atom is -0.404 e. The van der Waals surface area contributed by atoms with Gasteiger partial charge in [-0.2, -0.15) is 10.2 Å². The molecule has 1 aromatic heterocycles. The van der Waals surface area contributed by atoms with E-state index >= 15 is 0 Å². The Balaban J connectivity index is 1.23. The fraction of sp³-hybridized carbons (Fsp3) is 0.667. The lowest BCUT2D eigenvalue weighted by molar-refractivity contribution is -0.200. The van der Waals surface area contributed by atoms with Crippen molar-refractivity contribution in [3.8, 4) is 0 Å². The van der Waals surface area contributed by atoms with Crippen LogP contribution >= 0.6 is 0 Å². The Kier molecular flexibility index (Phi) is 7.15. The zero-order valence-electron chi connectivity index (χ0n) is 23.9. The van der Waals surface area contributed by atoms with Gasteiger partial charge in [0.05, 0.1) is 29.8 Å². The highest BCUT2D eigenvalue weighted by atomic mass is 16.7. The van der Waals surface area contributed by atoms with Gasteiger partial charge in [0, 0.05) is 19.2 Å². The van der Waals surface area contributed by atoms with Crippen LogP contribution in [0.2, 0.25) is 0 Å². The lowest BCUT2D eigenvalue weighted by atomic mass is 9.43. The number of carbonyl (C=O) groups is 1. The van der Waals surface area contributed by atoms with E-state index in [1.807, 2.05) is 6.07 Å². The summed E-state index contributed by atoms with van der Waals surface area (Å²) in [5, 5.41) is 11.9. The summed E-state index contributed by atoms with van der Waals surface area (Å²) in [5.74, 6) is 1.42. The minimum absolute atomic E-state index is 0.00193. The van der Waals surface area contributed by atoms with Crippen molar-refractivity contribution in [1.29, 1.82) is 0 Å². The second kappa shape index (κ2) is 10.3. The average molecular weight is 535 g/mol. The first-order valence-corrected chi connectivity index (χ1v) is 14.7. The van der Waals surface area contributed by atoms with Gasteiger partial charge in [0.2, 0.25) is 0 Å². The fourth-order valence-electron chi connectivity index (χ4n) is 7.80. The number of hydroxylamine groups is 2. The summed E-state index contributed by atoms with van der Waals surface area (Å²) >= 11 is 0. The van der Waals surface area contributed by atoms with E-state index in [4.69, 9.17) is 14.1 Å². The molecule has 3 saturated carbocycles. The van der Waals surface area contributed by atoms with Crippen molar-refractivity contribution in [2.75, 3.05) is 6.54 Å². The highest BCUT2D eigenvalue weighted by molar-refractivity contribution is 6.47. The Hall–Kier alpha value is -2.20. The maximum Gasteiger partial charge on any atom is 0.478 e. The summed E-state index contributed by atoms with van der Waals surface area (Å²) in [6.45, 7) is 12.0. The number of hydrogen-bond donors (Lipinski definition) is 2. The Bertz CT molecular complexity index is 1150. The number of H-pyrrole nitrogens is 1. The van der Waals surface area contributed by atoms with Gasteiger partial charge in [-0.25, -0.2) is 0 Å². The van der Waals surface area contributed by atoms with Crippen LogP contribution in [-0.4, -0.2) is 64.6 Å². The summed E-state index contributed by atoms with van der Waals surface area (Å²) in [6.07, 6.45) is 6.54. The molecule has 1 aromatic carbocycles. The van der Waals surface area contributed by atoms with E-state index in [2.05, 4.69) is 79.5 Å². The average Bonchev–Trinajstić information content (AvgIpc) is 3.64. The Morgan fingerprint density at radius 1 is 1.18 bits per heavy atom. The molecule has 8 nitrogen and oxygen atoms in total. The van der Waals surface area contributed by atoms with E-state index in [-0.39, 0.29) is 42.8 Å². The summed E-state index contributed by atoms with van der Waals surface area (Å²) in [6, 6.07) is 12.2. The minimum atomic E-state index is -0.362. The van der Waals surface area contributed by atoms with Gasteiger partial charge in [-0.1, -0.05) is 58.0 Å².